The van der Waals surface area contributed by atoms with Crippen molar-refractivity contribution in [2.45, 2.75) is 202 Å². The van der Waals surface area contributed by atoms with Crippen molar-refractivity contribution in [1.82, 2.24) is 58.1 Å². The molecular weight excluding hydrogens is 1420 g/mol. The van der Waals surface area contributed by atoms with Crippen LogP contribution in [0.5, 0.6) is 0 Å². The second kappa shape index (κ2) is 55.0. The number of carbonyl (C=O) groups is 12. The maximum absolute atomic E-state index is 15.4. The number of amides is 12. The van der Waals surface area contributed by atoms with Gasteiger partial charge in [-0.3, -0.25) is 87.5 Å². The second-order valence-corrected chi connectivity index (χ2v) is 25.6. The summed E-state index contributed by atoms with van der Waals surface area (Å²) < 4.78 is 0. The molecule has 40 N–H and O–H groups in total. The van der Waals surface area contributed by atoms with Crippen LogP contribution in [-0.4, -0.2) is 244 Å². The lowest BCUT2D eigenvalue weighted by Crippen LogP contribution is -2.60. The molecule has 1 saturated heterocycles. The highest BCUT2D eigenvalue weighted by molar-refractivity contribution is 7.80. The molecule has 0 aromatic heterocycles. The number of nitrogens with one attached hydrogen (secondary N) is 10. The fraction of sp³-hybridized carbons (Fsp3) is 0.710. The Balaban J connectivity index is 4.23. The Morgan fingerprint density at radius 2 is 0.729 bits per heavy atom. The first-order valence-electron chi connectivity index (χ1n) is 35.7. The zero-order chi connectivity index (χ0) is 80.2. The third kappa shape index (κ3) is 44.2. The van der Waals surface area contributed by atoms with Gasteiger partial charge in [0.2, 0.25) is 70.9 Å². The van der Waals surface area contributed by atoms with Crippen molar-refractivity contribution in [3.63, 3.8) is 0 Å². The van der Waals surface area contributed by atoms with E-state index in [0.717, 1.165) is 4.90 Å². The van der Waals surface area contributed by atoms with Crippen molar-refractivity contribution in [2.75, 3.05) is 77.7 Å². The molecule has 0 aromatic rings. The molecule has 0 aromatic carbocycles. The van der Waals surface area contributed by atoms with E-state index < -0.39 is 132 Å². The van der Waals surface area contributed by atoms with Crippen LogP contribution in [0.4, 0.5) is 0 Å². The van der Waals surface area contributed by atoms with Crippen LogP contribution in [0.15, 0.2) is 30.0 Å². The molecule has 0 bridgehead atoms. The first-order chi connectivity index (χ1) is 50.8. The van der Waals surface area contributed by atoms with Gasteiger partial charge in [-0.1, -0.05) is 0 Å². The molecule has 1 aliphatic heterocycles. The predicted molar refractivity (Wildman–Crippen MR) is 408 cm³/mol. The Bertz CT molecular complexity index is 3010. The van der Waals surface area contributed by atoms with Gasteiger partial charge in [0, 0.05) is 71.0 Å². The maximum atomic E-state index is 15.4. The third-order valence-electron chi connectivity index (χ3n) is 16.1. The van der Waals surface area contributed by atoms with Crippen LogP contribution in [-0.2, 0) is 57.5 Å². The average molecular weight is 1540 g/mol. The highest BCUT2D eigenvalue weighted by Gasteiger charge is 2.36. The standard InChI is InChI=1S/C62H120N32O12S/c63-24-3-1-14-38-51(101)88-39(15-2-4-25-64)52(102)90-41(19-11-30-82-60(72)73)54(104)92-43(21-13-32-84-62(76)77)56(106)94(33-6-5-26-78-45(95)22-7-23-46(96)85-36(49(99)87-38)16-8-27-79-57(66)67)34-47(97)86-37(17-9-28-80-58(68)69)50(100)89-40(18-10-29-81-59(70)71)53(103)91-42(20-12-31-83-61(74)75)55(105)93-44(35-107)48(65)98/h36-44,107H,1-35,63-64H2,(H2,65,98)(H,78,95)(H,85,96)(H,86,97)(H,87,99)(H,88,101)(H,89,100)(H,90,102)(H,91,103)(H,92,104)(H,93,105)(H4,66,67,79)(H4,68,69,80)(H4,70,71,81)(H4,72,73,82)(H4,74,75,83)(H4,76,77,84)/t36-,37-,38-,39-,40-,41-,42-,43-,44-/m0/s1. The fourth-order valence-electron chi connectivity index (χ4n) is 10.6. The summed E-state index contributed by atoms with van der Waals surface area (Å²) in [5, 5.41) is 26.8. The van der Waals surface area contributed by atoms with Crippen molar-refractivity contribution < 1.29 is 57.5 Å². The Morgan fingerprint density at radius 1 is 0.402 bits per heavy atom. The lowest BCUT2D eigenvalue weighted by atomic mass is 10.0. The van der Waals surface area contributed by atoms with E-state index in [4.69, 9.17) is 86.0 Å². The van der Waals surface area contributed by atoms with Gasteiger partial charge in [0.05, 0.1) is 6.54 Å². The van der Waals surface area contributed by atoms with Gasteiger partial charge in [0.25, 0.3) is 0 Å². The maximum Gasteiger partial charge on any atom is 0.245 e. The lowest BCUT2D eigenvalue weighted by Gasteiger charge is -2.30. The summed E-state index contributed by atoms with van der Waals surface area (Å²) in [6.07, 6.45) is 1.10. The highest BCUT2D eigenvalue weighted by atomic mass is 32.1. The van der Waals surface area contributed by atoms with E-state index in [0.29, 0.717) is 19.3 Å². The summed E-state index contributed by atoms with van der Waals surface area (Å²) >= 11 is 4.10. The van der Waals surface area contributed by atoms with Crippen LogP contribution >= 0.6 is 12.6 Å². The molecule has 1 heterocycles. The molecular formula is C62H120N32O12S. The molecule has 1 aliphatic rings. The predicted octanol–water partition coefficient (Wildman–Crippen LogP) is -10.7. The van der Waals surface area contributed by atoms with Gasteiger partial charge in [0.1, 0.15) is 54.4 Å². The number of hydrogen-bond acceptors (Lipinski definition) is 21. The number of rotatable bonds is 43. The van der Waals surface area contributed by atoms with E-state index in [1.165, 1.54) is 0 Å². The van der Waals surface area contributed by atoms with E-state index in [9.17, 15) is 52.7 Å². The number of thiol groups is 1. The van der Waals surface area contributed by atoms with Crippen LogP contribution in [0, 0.1) is 0 Å². The molecule has 107 heavy (non-hydrogen) atoms. The van der Waals surface area contributed by atoms with Crippen molar-refractivity contribution in [3.8, 4) is 0 Å². The minimum absolute atomic E-state index is 0.0120. The van der Waals surface area contributed by atoms with Gasteiger partial charge in [-0.15, -0.1) is 0 Å². The van der Waals surface area contributed by atoms with Gasteiger partial charge in [-0.2, -0.15) is 12.6 Å². The van der Waals surface area contributed by atoms with Crippen LogP contribution in [0.2, 0.25) is 0 Å². The SMILES string of the molecule is NCCCC[C@@H]1NC(=O)[C@H](CCCN=C(N)N)NC(=O)CCCC(=O)NCCCCN(CC(=O)N[C@@H](CCCN=C(N)N)C(=O)N[C@@H](CCCN=C(N)N)C(=O)N[C@@H](CCCN=C(N)N)C(=O)N[C@@H](CS)C(N)=O)C(=O)[C@H](CCCN=C(N)N)NC(=O)[C@H](CCCN=C(N)N)NC(=O)[C@H](CCCCN)NC1=O. The normalized spacial score (nSPS) is 18.5. The van der Waals surface area contributed by atoms with Gasteiger partial charge in [0.15, 0.2) is 35.8 Å². The molecule has 12 amide bonds. The lowest BCUT2D eigenvalue weighted by molar-refractivity contribution is -0.141. The Hall–Kier alpha value is -10.5. The Kier molecular flexibility index (Phi) is 48.6. The van der Waals surface area contributed by atoms with Gasteiger partial charge < -0.3 is 144 Å². The van der Waals surface area contributed by atoms with Crippen LogP contribution in [0.3, 0.4) is 0 Å². The molecule has 1 fully saturated rings. The molecule has 1 rings (SSSR count). The van der Waals surface area contributed by atoms with Crippen molar-refractivity contribution in [3.05, 3.63) is 0 Å². The number of hydrogen-bond donors (Lipinski definition) is 26. The van der Waals surface area contributed by atoms with E-state index in [1.54, 1.807) is 0 Å². The van der Waals surface area contributed by atoms with E-state index in [-0.39, 0.29) is 235 Å². The number of unbranched alkanes of at least 4 members (excludes halogenated alkanes) is 2. The van der Waals surface area contributed by atoms with Crippen LogP contribution in [0.1, 0.15) is 148 Å². The molecule has 44 nitrogen and oxygen atoms in total. The van der Waals surface area contributed by atoms with Gasteiger partial charge in [-0.05, 0) is 148 Å². The smallest absolute Gasteiger partial charge is 0.245 e. The molecule has 0 aliphatic carbocycles. The van der Waals surface area contributed by atoms with Gasteiger partial charge >= 0.3 is 0 Å². The third-order valence-corrected chi connectivity index (χ3v) is 16.5. The molecule has 0 unspecified atom stereocenters. The summed E-state index contributed by atoms with van der Waals surface area (Å²) in [6.45, 7) is -0.681. The minimum atomic E-state index is -1.53. The second-order valence-electron chi connectivity index (χ2n) is 25.2. The minimum Gasteiger partial charge on any atom is -0.370 e. The van der Waals surface area contributed by atoms with E-state index in [2.05, 4.69) is 95.8 Å². The molecule has 0 spiro atoms. The first kappa shape index (κ1) is 94.5. The monoisotopic (exact) mass is 1540 g/mol. The topological polar surface area (TPSA) is 793 Å². The summed E-state index contributed by atoms with van der Waals surface area (Å²) in [7, 11) is 0. The zero-order valence-electron chi connectivity index (χ0n) is 61.1. The van der Waals surface area contributed by atoms with Crippen molar-refractivity contribution in [1.29, 1.82) is 0 Å². The van der Waals surface area contributed by atoms with Gasteiger partial charge in [-0.25, -0.2) is 0 Å². The number of primary amides is 1. The van der Waals surface area contributed by atoms with Crippen LogP contribution in [0.25, 0.3) is 0 Å². The van der Waals surface area contributed by atoms with Crippen molar-refractivity contribution in [2.24, 2.45) is 116 Å². The van der Waals surface area contributed by atoms with Crippen LogP contribution < -0.4 is 139 Å². The number of carbonyl (C=O) groups excluding carboxylic acids is 12. The largest absolute Gasteiger partial charge is 0.370 e. The number of nitrogens with zero attached hydrogens (tertiary/aromatic N) is 7. The summed E-state index contributed by atoms with van der Waals surface area (Å²) in [4.78, 5) is 195. The molecule has 0 saturated carbocycles. The average Bonchev–Trinajstić information content (AvgIpc) is 0.879. The number of nitrogens with two attached hydrogens (primary N) is 15. The molecule has 0 radical (unpaired) electrons. The molecule has 9 atom stereocenters. The quantitative estimate of drug-likeness (QED) is 0.0117. The van der Waals surface area contributed by atoms with E-state index in [1.807, 2.05) is 0 Å². The highest BCUT2D eigenvalue weighted by Crippen LogP contribution is 2.14. The summed E-state index contributed by atoms with van der Waals surface area (Å²) in [5.41, 5.74) is 84.2. The summed E-state index contributed by atoms with van der Waals surface area (Å²) in [5.74, 6) is -11.6. The Labute approximate surface area is 628 Å². The first-order valence-corrected chi connectivity index (χ1v) is 36.3. The molecule has 606 valence electrons. The zero-order valence-corrected chi connectivity index (χ0v) is 62.0. The van der Waals surface area contributed by atoms with Crippen molar-refractivity contribution >= 4 is 119 Å². The fourth-order valence-corrected chi connectivity index (χ4v) is 10.9. The molecule has 45 heteroatoms. The number of guanidine groups is 6. The summed E-state index contributed by atoms with van der Waals surface area (Å²) in [6, 6.07) is -12.6. The van der Waals surface area contributed by atoms with E-state index >= 15 is 4.79 Å². The number of aliphatic imine (C=N–C) groups is 6. The Morgan fingerprint density at radius 3 is 1.09 bits per heavy atom.